The number of ether oxygens (including phenoxy) is 1. The van der Waals surface area contributed by atoms with Crippen molar-refractivity contribution in [3.8, 4) is 11.8 Å². The van der Waals surface area contributed by atoms with E-state index in [2.05, 4.69) is 5.32 Å². The minimum atomic E-state index is -4.63. The van der Waals surface area contributed by atoms with Crippen LogP contribution in [0.25, 0.3) is 0 Å². The minimum Gasteiger partial charge on any atom is -0.482 e. The molecule has 0 radical (unpaired) electrons. The SMILES string of the molecule is N#Cc1cccc(C(=O)Nc2cc(S(=O)(=O)N3CCCCCC3)ccc2OCC(F)(F)F)c1. The molecule has 0 bridgehead atoms. The smallest absolute Gasteiger partial charge is 0.422 e. The summed E-state index contributed by atoms with van der Waals surface area (Å²) in [6.07, 6.45) is -1.37. The van der Waals surface area contributed by atoms with Gasteiger partial charge in [0.05, 0.1) is 22.2 Å². The molecule has 1 saturated heterocycles. The van der Waals surface area contributed by atoms with Crippen molar-refractivity contribution in [2.45, 2.75) is 36.8 Å². The fourth-order valence-electron chi connectivity index (χ4n) is 3.41. The Morgan fingerprint density at radius 1 is 1.09 bits per heavy atom. The summed E-state index contributed by atoms with van der Waals surface area (Å²) in [6.45, 7) is -0.924. The van der Waals surface area contributed by atoms with Crippen LogP contribution >= 0.6 is 0 Å². The normalized spacial score (nSPS) is 15.3. The van der Waals surface area contributed by atoms with E-state index in [4.69, 9.17) is 10.00 Å². The Kier molecular flexibility index (Phi) is 7.61. The quantitative estimate of drug-likeness (QED) is 0.663. The van der Waals surface area contributed by atoms with E-state index >= 15 is 0 Å². The van der Waals surface area contributed by atoms with Crippen LogP contribution in [0.3, 0.4) is 0 Å². The Bertz CT molecular complexity index is 1150. The maximum atomic E-state index is 13.1. The number of rotatable bonds is 6. The van der Waals surface area contributed by atoms with Gasteiger partial charge in [-0.1, -0.05) is 18.9 Å². The van der Waals surface area contributed by atoms with Gasteiger partial charge in [-0.15, -0.1) is 0 Å². The van der Waals surface area contributed by atoms with E-state index in [1.807, 2.05) is 6.07 Å². The molecule has 7 nitrogen and oxygen atoms in total. The van der Waals surface area contributed by atoms with E-state index in [0.717, 1.165) is 31.0 Å². The number of alkyl halides is 3. The number of nitrogens with zero attached hydrogens (tertiary/aromatic N) is 2. The van der Waals surface area contributed by atoms with Gasteiger partial charge in [-0.25, -0.2) is 8.42 Å². The van der Waals surface area contributed by atoms with E-state index in [9.17, 15) is 26.4 Å². The number of hydrogen-bond acceptors (Lipinski definition) is 5. The molecule has 0 aliphatic carbocycles. The number of nitrogens with one attached hydrogen (secondary N) is 1. The molecule has 1 N–H and O–H groups in total. The first-order valence-corrected chi connectivity index (χ1v) is 11.7. The zero-order valence-corrected chi connectivity index (χ0v) is 18.4. The third-order valence-corrected chi connectivity index (χ3v) is 6.94. The predicted molar refractivity (Wildman–Crippen MR) is 114 cm³/mol. The summed E-state index contributed by atoms with van der Waals surface area (Å²) in [7, 11) is -3.92. The summed E-state index contributed by atoms with van der Waals surface area (Å²) in [5.41, 5.74) is 0.0767. The van der Waals surface area contributed by atoms with Crippen molar-refractivity contribution in [2.75, 3.05) is 25.0 Å². The summed E-state index contributed by atoms with van der Waals surface area (Å²) in [5, 5.41) is 11.4. The topological polar surface area (TPSA) is 99.5 Å². The highest BCUT2D eigenvalue weighted by Crippen LogP contribution is 2.32. The lowest BCUT2D eigenvalue weighted by molar-refractivity contribution is -0.153. The second-order valence-corrected chi connectivity index (χ2v) is 9.46. The van der Waals surface area contributed by atoms with Crippen LogP contribution in [0.15, 0.2) is 47.4 Å². The van der Waals surface area contributed by atoms with E-state index in [1.165, 1.54) is 28.6 Å². The van der Waals surface area contributed by atoms with Crippen LogP contribution in [-0.2, 0) is 10.0 Å². The molecule has 0 saturated carbocycles. The number of amides is 1. The van der Waals surface area contributed by atoms with E-state index < -0.39 is 28.7 Å². The molecule has 0 atom stereocenters. The largest absolute Gasteiger partial charge is 0.482 e. The molecular weight excluding hydrogens is 459 g/mol. The lowest BCUT2D eigenvalue weighted by Crippen LogP contribution is -2.32. The summed E-state index contributed by atoms with van der Waals surface area (Å²) in [6, 6.07) is 10.9. The van der Waals surface area contributed by atoms with Crippen LogP contribution < -0.4 is 10.1 Å². The second kappa shape index (κ2) is 10.2. The number of sulfonamides is 1. The maximum Gasteiger partial charge on any atom is 0.422 e. The van der Waals surface area contributed by atoms with Gasteiger partial charge in [-0.3, -0.25) is 4.79 Å². The van der Waals surface area contributed by atoms with Crippen molar-refractivity contribution in [1.29, 1.82) is 5.26 Å². The van der Waals surface area contributed by atoms with Gasteiger partial charge >= 0.3 is 6.18 Å². The maximum absolute atomic E-state index is 13.1. The van der Waals surface area contributed by atoms with Crippen molar-refractivity contribution >= 4 is 21.6 Å². The van der Waals surface area contributed by atoms with E-state index in [1.54, 1.807) is 0 Å². The predicted octanol–water partition coefficient (Wildman–Crippen LogP) is 4.32. The van der Waals surface area contributed by atoms with Crippen LogP contribution in [0.4, 0.5) is 18.9 Å². The van der Waals surface area contributed by atoms with Gasteiger partial charge in [0, 0.05) is 18.7 Å². The molecule has 2 aromatic carbocycles. The molecule has 176 valence electrons. The number of halogens is 3. The Hall–Kier alpha value is -3.10. The monoisotopic (exact) mass is 481 g/mol. The van der Waals surface area contributed by atoms with Crippen molar-refractivity contribution in [3.63, 3.8) is 0 Å². The molecule has 0 spiro atoms. The van der Waals surface area contributed by atoms with Crippen LogP contribution in [0.1, 0.15) is 41.6 Å². The molecule has 2 aromatic rings. The van der Waals surface area contributed by atoms with Gasteiger partial charge in [-0.05, 0) is 49.2 Å². The molecule has 1 amide bonds. The fourth-order valence-corrected chi connectivity index (χ4v) is 4.95. The lowest BCUT2D eigenvalue weighted by atomic mass is 10.1. The lowest BCUT2D eigenvalue weighted by Gasteiger charge is -2.21. The zero-order chi connectivity index (χ0) is 24.1. The number of benzene rings is 2. The number of carbonyl (C=O) groups excluding carboxylic acids is 1. The third kappa shape index (κ3) is 6.46. The highest BCUT2D eigenvalue weighted by atomic mass is 32.2. The van der Waals surface area contributed by atoms with Gasteiger partial charge in [0.2, 0.25) is 10.0 Å². The highest BCUT2D eigenvalue weighted by molar-refractivity contribution is 7.89. The first-order chi connectivity index (χ1) is 15.6. The molecule has 1 aliphatic heterocycles. The second-order valence-electron chi connectivity index (χ2n) is 7.53. The van der Waals surface area contributed by atoms with Gasteiger partial charge in [0.15, 0.2) is 6.61 Å². The Morgan fingerprint density at radius 2 is 1.79 bits per heavy atom. The third-order valence-electron chi connectivity index (χ3n) is 5.05. The standard InChI is InChI=1S/C22H22F3N3O4S/c23-22(24,25)15-32-20-9-8-18(33(30,31)28-10-3-1-2-4-11-28)13-19(20)27-21(29)17-7-5-6-16(12-17)14-26/h5-9,12-13H,1-4,10-11,15H2,(H,27,29). The van der Waals surface area contributed by atoms with Crippen LogP contribution in [0.2, 0.25) is 0 Å². The van der Waals surface area contributed by atoms with Gasteiger partial charge in [0.25, 0.3) is 5.91 Å². The van der Waals surface area contributed by atoms with Crippen LogP contribution in [-0.4, -0.2) is 44.5 Å². The molecule has 3 rings (SSSR count). The minimum absolute atomic E-state index is 0.0802. The molecule has 33 heavy (non-hydrogen) atoms. The number of carbonyl (C=O) groups is 1. The van der Waals surface area contributed by atoms with Crippen molar-refractivity contribution in [1.82, 2.24) is 4.31 Å². The Balaban J connectivity index is 1.95. The summed E-state index contributed by atoms with van der Waals surface area (Å²) in [4.78, 5) is 12.5. The number of anilines is 1. The molecule has 0 unspecified atom stereocenters. The molecule has 1 aliphatic rings. The Labute approximate surface area is 189 Å². The summed E-state index contributed by atoms with van der Waals surface area (Å²) >= 11 is 0. The average Bonchev–Trinajstić information content (AvgIpc) is 3.08. The van der Waals surface area contributed by atoms with Crippen LogP contribution in [0.5, 0.6) is 5.75 Å². The van der Waals surface area contributed by atoms with Crippen molar-refractivity contribution in [3.05, 3.63) is 53.6 Å². The van der Waals surface area contributed by atoms with Crippen molar-refractivity contribution in [2.24, 2.45) is 0 Å². The highest BCUT2D eigenvalue weighted by Gasteiger charge is 2.30. The number of hydrogen-bond donors (Lipinski definition) is 1. The first kappa shape index (κ1) is 24.5. The molecule has 11 heteroatoms. The summed E-state index contributed by atoms with van der Waals surface area (Å²) in [5.74, 6) is -1.06. The molecule has 0 aromatic heterocycles. The molecular formula is C22H22F3N3O4S. The average molecular weight is 481 g/mol. The fraction of sp³-hybridized carbons (Fsp3) is 0.364. The Morgan fingerprint density at radius 3 is 2.42 bits per heavy atom. The zero-order valence-electron chi connectivity index (χ0n) is 17.6. The summed E-state index contributed by atoms with van der Waals surface area (Å²) < 4.78 is 70.5. The van der Waals surface area contributed by atoms with Crippen molar-refractivity contribution < 1.29 is 31.1 Å². The van der Waals surface area contributed by atoms with Gasteiger partial charge in [0.1, 0.15) is 5.75 Å². The van der Waals surface area contributed by atoms with Crippen LogP contribution in [0, 0.1) is 11.3 Å². The van der Waals surface area contributed by atoms with Gasteiger partial charge < -0.3 is 10.1 Å². The van der Waals surface area contributed by atoms with Gasteiger partial charge in [-0.2, -0.15) is 22.7 Å². The van der Waals surface area contributed by atoms with E-state index in [0.29, 0.717) is 25.9 Å². The van der Waals surface area contributed by atoms with E-state index in [-0.39, 0.29) is 27.5 Å². The molecule has 1 fully saturated rings. The molecule has 1 heterocycles. The first-order valence-electron chi connectivity index (χ1n) is 10.3. The number of nitriles is 1.